The van der Waals surface area contributed by atoms with Crippen LogP contribution in [0.3, 0.4) is 0 Å². The van der Waals surface area contributed by atoms with E-state index in [-0.39, 0.29) is 24.9 Å². The molecule has 1 saturated heterocycles. The lowest BCUT2D eigenvalue weighted by atomic mass is 9.91. The van der Waals surface area contributed by atoms with Gasteiger partial charge in [0, 0.05) is 13.0 Å². The van der Waals surface area contributed by atoms with Crippen LogP contribution in [0.5, 0.6) is 0 Å². The number of carbonyl (C=O) groups is 1. The third-order valence-electron chi connectivity index (χ3n) is 3.68. The minimum atomic E-state index is -3.67. The summed E-state index contributed by atoms with van der Waals surface area (Å²) >= 11 is 0. The molecule has 2 rings (SSSR count). The van der Waals surface area contributed by atoms with Gasteiger partial charge in [-0.15, -0.1) is 0 Å². The third kappa shape index (κ3) is 2.61. The van der Waals surface area contributed by atoms with Crippen molar-refractivity contribution < 1.29 is 18.3 Å². The number of carbonyl (C=O) groups excluding carboxylic acids is 1. The summed E-state index contributed by atoms with van der Waals surface area (Å²) < 4.78 is 22.5. The van der Waals surface area contributed by atoms with Crippen LogP contribution in [0.15, 0.2) is 0 Å². The zero-order valence-corrected chi connectivity index (χ0v) is 10.4. The van der Waals surface area contributed by atoms with Crippen LogP contribution < -0.4 is 5.14 Å². The number of aliphatic hydroxyl groups excluding tert-OH is 1. The van der Waals surface area contributed by atoms with Crippen LogP contribution in [0.25, 0.3) is 0 Å². The Morgan fingerprint density at radius 1 is 1.29 bits per heavy atom. The maximum Gasteiger partial charge on any atom is 0.224 e. The third-order valence-corrected chi connectivity index (χ3v) is 4.93. The van der Waals surface area contributed by atoms with Gasteiger partial charge in [-0.25, -0.2) is 13.6 Å². The molecule has 3 atom stereocenters. The smallest absolute Gasteiger partial charge is 0.224 e. The molecule has 17 heavy (non-hydrogen) atoms. The molecule has 0 aromatic rings. The van der Waals surface area contributed by atoms with Crippen LogP contribution in [-0.2, 0) is 14.8 Å². The number of sulfonamides is 1. The van der Waals surface area contributed by atoms with Gasteiger partial charge >= 0.3 is 0 Å². The maximum atomic E-state index is 11.8. The SMILES string of the molecule is NS(=O)(=O)C1CC(=O)N(C2CCCCC2O)C1. The summed E-state index contributed by atoms with van der Waals surface area (Å²) in [5.74, 6) is -0.213. The fraction of sp³-hybridized carbons (Fsp3) is 0.900. The average molecular weight is 262 g/mol. The fourth-order valence-corrected chi connectivity index (χ4v) is 3.44. The minimum Gasteiger partial charge on any atom is -0.391 e. The highest BCUT2D eigenvalue weighted by molar-refractivity contribution is 7.89. The van der Waals surface area contributed by atoms with E-state index in [1.165, 1.54) is 4.90 Å². The minimum absolute atomic E-state index is 0.0535. The molecule has 98 valence electrons. The monoisotopic (exact) mass is 262 g/mol. The maximum absolute atomic E-state index is 11.8. The average Bonchev–Trinajstić information content (AvgIpc) is 2.61. The first-order valence-electron chi connectivity index (χ1n) is 5.88. The predicted octanol–water partition coefficient (Wildman–Crippen LogP) is -0.821. The highest BCUT2D eigenvalue weighted by Gasteiger charge is 2.42. The Morgan fingerprint density at radius 2 is 1.94 bits per heavy atom. The van der Waals surface area contributed by atoms with E-state index in [0.29, 0.717) is 6.42 Å². The van der Waals surface area contributed by atoms with Gasteiger partial charge in [-0.3, -0.25) is 4.79 Å². The van der Waals surface area contributed by atoms with Crippen molar-refractivity contribution >= 4 is 15.9 Å². The number of nitrogens with zero attached hydrogens (tertiary/aromatic N) is 1. The first kappa shape index (κ1) is 12.8. The van der Waals surface area contributed by atoms with Gasteiger partial charge in [0.15, 0.2) is 0 Å². The Hall–Kier alpha value is -0.660. The Kier molecular flexibility index (Phi) is 3.42. The molecule has 3 N–H and O–H groups in total. The fourth-order valence-electron chi connectivity index (χ4n) is 2.69. The van der Waals surface area contributed by atoms with Crippen molar-refractivity contribution in [2.24, 2.45) is 5.14 Å². The van der Waals surface area contributed by atoms with Gasteiger partial charge in [0.1, 0.15) is 5.25 Å². The van der Waals surface area contributed by atoms with E-state index >= 15 is 0 Å². The molecule has 1 aliphatic heterocycles. The van der Waals surface area contributed by atoms with Gasteiger partial charge < -0.3 is 10.0 Å². The number of hydrogen-bond acceptors (Lipinski definition) is 4. The second kappa shape index (κ2) is 4.55. The second-order valence-electron chi connectivity index (χ2n) is 4.88. The normalized spacial score (nSPS) is 35.3. The second-order valence-corrected chi connectivity index (χ2v) is 6.73. The molecule has 0 spiro atoms. The quantitative estimate of drug-likeness (QED) is 0.679. The Balaban J connectivity index is 2.10. The number of primary sulfonamides is 1. The zero-order valence-electron chi connectivity index (χ0n) is 9.58. The van der Waals surface area contributed by atoms with Gasteiger partial charge in [0.05, 0.1) is 12.1 Å². The summed E-state index contributed by atoms with van der Waals surface area (Å²) in [5.41, 5.74) is 0. The van der Waals surface area contributed by atoms with Crippen LogP contribution in [0.2, 0.25) is 0 Å². The summed E-state index contributed by atoms with van der Waals surface area (Å²) in [6, 6.07) is -0.233. The lowest BCUT2D eigenvalue weighted by Crippen LogP contribution is -2.47. The van der Waals surface area contributed by atoms with Crippen molar-refractivity contribution in [1.82, 2.24) is 4.90 Å². The molecule has 3 unspecified atom stereocenters. The van der Waals surface area contributed by atoms with Crippen molar-refractivity contribution in [3.63, 3.8) is 0 Å². The van der Waals surface area contributed by atoms with E-state index in [9.17, 15) is 18.3 Å². The van der Waals surface area contributed by atoms with Crippen molar-refractivity contribution in [2.45, 2.75) is 49.5 Å². The lowest BCUT2D eigenvalue weighted by Gasteiger charge is -2.35. The standard InChI is InChI=1S/C10H18N2O4S/c11-17(15,16)7-5-10(14)12(6-7)8-3-1-2-4-9(8)13/h7-9,13H,1-6H2,(H2,11,15,16). The molecule has 1 amide bonds. The molecular weight excluding hydrogens is 244 g/mol. The van der Waals surface area contributed by atoms with Crippen LogP contribution in [-0.4, -0.2) is 48.3 Å². The molecule has 0 radical (unpaired) electrons. The molecule has 0 aromatic heterocycles. The van der Waals surface area contributed by atoms with Crippen molar-refractivity contribution in [1.29, 1.82) is 0 Å². The van der Waals surface area contributed by atoms with E-state index < -0.39 is 21.4 Å². The number of likely N-dealkylation sites (tertiary alicyclic amines) is 1. The van der Waals surface area contributed by atoms with Crippen molar-refractivity contribution in [2.75, 3.05) is 6.54 Å². The molecule has 7 heteroatoms. The van der Waals surface area contributed by atoms with Gasteiger partial charge in [0.2, 0.25) is 15.9 Å². The van der Waals surface area contributed by atoms with Gasteiger partial charge in [-0.1, -0.05) is 12.8 Å². The molecule has 2 aliphatic rings. The number of hydrogen-bond donors (Lipinski definition) is 2. The number of amides is 1. The summed E-state index contributed by atoms with van der Waals surface area (Å²) in [4.78, 5) is 13.3. The molecule has 1 aliphatic carbocycles. The van der Waals surface area contributed by atoms with Crippen molar-refractivity contribution in [3.05, 3.63) is 0 Å². The van der Waals surface area contributed by atoms with E-state index in [1.54, 1.807) is 0 Å². The summed E-state index contributed by atoms with van der Waals surface area (Å²) in [7, 11) is -3.67. The zero-order chi connectivity index (χ0) is 12.6. The van der Waals surface area contributed by atoms with E-state index in [2.05, 4.69) is 0 Å². The molecule has 6 nitrogen and oxygen atoms in total. The van der Waals surface area contributed by atoms with Crippen LogP contribution in [0, 0.1) is 0 Å². The van der Waals surface area contributed by atoms with Gasteiger partial charge in [0.25, 0.3) is 0 Å². The van der Waals surface area contributed by atoms with Gasteiger partial charge in [-0.05, 0) is 12.8 Å². The number of nitrogens with two attached hydrogens (primary N) is 1. The molecule has 1 heterocycles. The Morgan fingerprint density at radius 3 is 2.47 bits per heavy atom. The number of aliphatic hydroxyl groups is 1. The molecule has 0 bridgehead atoms. The van der Waals surface area contributed by atoms with E-state index in [0.717, 1.165) is 19.3 Å². The molecule has 1 saturated carbocycles. The molecule has 2 fully saturated rings. The van der Waals surface area contributed by atoms with Crippen molar-refractivity contribution in [3.8, 4) is 0 Å². The summed E-state index contributed by atoms with van der Waals surface area (Å²) in [6.07, 6.45) is 2.75. The predicted molar refractivity (Wildman–Crippen MR) is 61.5 cm³/mol. The summed E-state index contributed by atoms with van der Waals surface area (Å²) in [6.45, 7) is 0.124. The van der Waals surface area contributed by atoms with Crippen LogP contribution >= 0.6 is 0 Å². The highest BCUT2D eigenvalue weighted by Crippen LogP contribution is 2.28. The van der Waals surface area contributed by atoms with E-state index in [1.807, 2.05) is 0 Å². The Labute approximate surface area is 101 Å². The van der Waals surface area contributed by atoms with Gasteiger partial charge in [-0.2, -0.15) is 0 Å². The molecular formula is C10H18N2O4S. The van der Waals surface area contributed by atoms with Crippen LogP contribution in [0.1, 0.15) is 32.1 Å². The first-order chi connectivity index (χ1) is 7.89. The van der Waals surface area contributed by atoms with E-state index in [4.69, 9.17) is 5.14 Å². The number of rotatable bonds is 2. The summed E-state index contributed by atoms with van der Waals surface area (Å²) in [5, 5.41) is 14.1. The largest absolute Gasteiger partial charge is 0.391 e. The lowest BCUT2D eigenvalue weighted by molar-refractivity contribution is -0.133. The Bertz CT molecular complexity index is 409. The topological polar surface area (TPSA) is 101 Å². The first-order valence-corrected chi connectivity index (χ1v) is 7.49. The highest BCUT2D eigenvalue weighted by atomic mass is 32.2. The molecule has 0 aromatic carbocycles. The van der Waals surface area contributed by atoms with Crippen LogP contribution in [0.4, 0.5) is 0 Å².